The summed E-state index contributed by atoms with van der Waals surface area (Å²) in [6.45, 7) is 4.14. The summed E-state index contributed by atoms with van der Waals surface area (Å²) in [6, 6.07) is 12.7. The van der Waals surface area contributed by atoms with E-state index in [2.05, 4.69) is 19.2 Å². The van der Waals surface area contributed by atoms with E-state index < -0.39 is 5.75 Å². The van der Waals surface area contributed by atoms with Gasteiger partial charge in [-0.1, -0.05) is 37.3 Å². The predicted octanol–water partition coefficient (Wildman–Crippen LogP) is 3.28. The van der Waals surface area contributed by atoms with Gasteiger partial charge in [0.25, 0.3) is 0 Å². The van der Waals surface area contributed by atoms with Crippen LogP contribution in [0.2, 0.25) is 0 Å². The smallest absolute Gasteiger partial charge is 0.200 e. The van der Waals surface area contributed by atoms with Crippen LogP contribution in [-0.2, 0) is 0 Å². The second kappa shape index (κ2) is 6.50. The molecule has 0 radical (unpaired) electrons. The van der Waals surface area contributed by atoms with E-state index >= 15 is 0 Å². The third-order valence-electron chi connectivity index (χ3n) is 3.67. The summed E-state index contributed by atoms with van der Waals surface area (Å²) in [7, 11) is 0. The van der Waals surface area contributed by atoms with E-state index in [1.54, 1.807) is 6.07 Å². The Labute approximate surface area is 124 Å². The zero-order chi connectivity index (χ0) is 15.4. The van der Waals surface area contributed by atoms with Crippen LogP contribution in [0.15, 0.2) is 42.5 Å². The van der Waals surface area contributed by atoms with Gasteiger partial charge < -0.3 is 20.6 Å². The number of rotatable bonds is 5. The summed E-state index contributed by atoms with van der Waals surface area (Å²) in [5, 5.41) is 32.8. The minimum Gasteiger partial charge on any atom is -0.504 e. The van der Waals surface area contributed by atoms with Gasteiger partial charge in [-0.2, -0.15) is 0 Å². The SMILES string of the molecule is CCC(C)NC(c1ccccc1)c1ccc(O)c(O)c1O. The minimum atomic E-state index is -0.487. The van der Waals surface area contributed by atoms with Crippen molar-refractivity contribution in [3.05, 3.63) is 53.6 Å². The molecule has 0 fully saturated rings. The van der Waals surface area contributed by atoms with Crippen molar-refractivity contribution in [3.63, 3.8) is 0 Å². The standard InChI is InChI=1S/C17H21NO3/c1-3-11(2)18-15(12-7-5-4-6-8-12)13-9-10-14(19)17(21)16(13)20/h4-11,15,18-21H,3H2,1-2H3. The molecule has 0 amide bonds. The Balaban J connectivity index is 2.47. The van der Waals surface area contributed by atoms with Crippen molar-refractivity contribution < 1.29 is 15.3 Å². The lowest BCUT2D eigenvalue weighted by Gasteiger charge is -2.24. The number of benzene rings is 2. The van der Waals surface area contributed by atoms with Gasteiger partial charge in [-0.25, -0.2) is 0 Å². The quantitative estimate of drug-likeness (QED) is 0.637. The molecule has 2 aromatic rings. The molecule has 0 saturated carbocycles. The van der Waals surface area contributed by atoms with Crippen molar-refractivity contribution in [2.24, 2.45) is 0 Å². The van der Waals surface area contributed by atoms with Gasteiger partial charge in [-0.05, 0) is 31.0 Å². The van der Waals surface area contributed by atoms with Crippen LogP contribution in [0.3, 0.4) is 0 Å². The first kappa shape index (κ1) is 15.2. The van der Waals surface area contributed by atoms with E-state index in [-0.39, 0.29) is 23.6 Å². The number of phenols is 3. The maximum Gasteiger partial charge on any atom is 0.200 e. The van der Waals surface area contributed by atoms with Crippen molar-refractivity contribution in [2.75, 3.05) is 0 Å². The molecule has 2 aromatic carbocycles. The zero-order valence-corrected chi connectivity index (χ0v) is 12.2. The molecule has 4 N–H and O–H groups in total. The Morgan fingerprint density at radius 1 is 0.952 bits per heavy atom. The van der Waals surface area contributed by atoms with Crippen molar-refractivity contribution in [1.82, 2.24) is 5.32 Å². The molecule has 0 aliphatic rings. The predicted molar refractivity (Wildman–Crippen MR) is 82.6 cm³/mol. The molecule has 0 spiro atoms. The molecule has 2 rings (SSSR count). The van der Waals surface area contributed by atoms with Crippen LogP contribution in [0.5, 0.6) is 17.2 Å². The van der Waals surface area contributed by atoms with Gasteiger partial charge in [0.2, 0.25) is 5.75 Å². The van der Waals surface area contributed by atoms with Crippen LogP contribution in [-0.4, -0.2) is 21.4 Å². The number of phenolic OH excluding ortho intramolecular Hbond substituents is 3. The van der Waals surface area contributed by atoms with E-state index in [9.17, 15) is 15.3 Å². The maximum atomic E-state index is 10.1. The number of hydrogen-bond donors (Lipinski definition) is 4. The lowest BCUT2D eigenvalue weighted by molar-refractivity contribution is 0.360. The summed E-state index contributed by atoms with van der Waals surface area (Å²) < 4.78 is 0. The molecule has 4 heteroatoms. The maximum absolute atomic E-state index is 10.1. The molecule has 0 aliphatic carbocycles. The Kier molecular flexibility index (Phi) is 4.70. The van der Waals surface area contributed by atoms with E-state index in [1.165, 1.54) is 6.07 Å². The van der Waals surface area contributed by atoms with E-state index in [1.807, 2.05) is 30.3 Å². The van der Waals surface area contributed by atoms with E-state index in [0.717, 1.165) is 12.0 Å². The van der Waals surface area contributed by atoms with Crippen LogP contribution in [0.4, 0.5) is 0 Å². The highest BCUT2D eigenvalue weighted by atomic mass is 16.3. The highest BCUT2D eigenvalue weighted by molar-refractivity contribution is 5.55. The molecule has 0 saturated heterocycles. The Bertz CT molecular complexity index is 598. The number of nitrogens with one attached hydrogen (secondary N) is 1. The van der Waals surface area contributed by atoms with Crippen LogP contribution in [0.25, 0.3) is 0 Å². The molecule has 2 atom stereocenters. The lowest BCUT2D eigenvalue weighted by atomic mass is 9.96. The minimum absolute atomic E-state index is 0.241. The van der Waals surface area contributed by atoms with Crippen LogP contribution >= 0.6 is 0 Å². The summed E-state index contributed by atoms with van der Waals surface area (Å²) in [6.07, 6.45) is 0.939. The van der Waals surface area contributed by atoms with Crippen molar-refractivity contribution in [1.29, 1.82) is 0 Å². The first-order chi connectivity index (χ1) is 10.0. The molecular formula is C17H21NO3. The first-order valence-electron chi connectivity index (χ1n) is 7.09. The number of aromatic hydroxyl groups is 3. The molecule has 0 bridgehead atoms. The molecular weight excluding hydrogens is 266 g/mol. The molecule has 112 valence electrons. The van der Waals surface area contributed by atoms with Gasteiger partial charge >= 0.3 is 0 Å². The second-order valence-corrected chi connectivity index (χ2v) is 5.19. The van der Waals surface area contributed by atoms with Crippen LogP contribution < -0.4 is 5.32 Å². The topological polar surface area (TPSA) is 72.7 Å². The van der Waals surface area contributed by atoms with Gasteiger partial charge in [0.05, 0.1) is 6.04 Å². The monoisotopic (exact) mass is 287 g/mol. The van der Waals surface area contributed by atoms with Gasteiger partial charge in [-0.3, -0.25) is 0 Å². The third-order valence-corrected chi connectivity index (χ3v) is 3.67. The fraction of sp³-hybridized carbons (Fsp3) is 0.294. The Hall–Kier alpha value is -2.20. The van der Waals surface area contributed by atoms with Crippen LogP contribution in [0.1, 0.15) is 37.4 Å². The fourth-order valence-corrected chi connectivity index (χ4v) is 2.23. The van der Waals surface area contributed by atoms with Crippen molar-refractivity contribution in [2.45, 2.75) is 32.4 Å². The molecule has 4 nitrogen and oxygen atoms in total. The summed E-state index contributed by atoms with van der Waals surface area (Å²) >= 11 is 0. The molecule has 2 unspecified atom stereocenters. The first-order valence-corrected chi connectivity index (χ1v) is 7.09. The zero-order valence-electron chi connectivity index (χ0n) is 12.2. The fourth-order valence-electron chi connectivity index (χ4n) is 2.23. The van der Waals surface area contributed by atoms with Gasteiger partial charge in [0.1, 0.15) is 0 Å². The highest BCUT2D eigenvalue weighted by Crippen LogP contribution is 2.41. The van der Waals surface area contributed by atoms with Gasteiger partial charge in [0.15, 0.2) is 11.5 Å². The summed E-state index contributed by atoms with van der Waals surface area (Å²) in [5.74, 6) is -1.11. The van der Waals surface area contributed by atoms with Crippen molar-refractivity contribution >= 4 is 0 Å². The Morgan fingerprint density at radius 2 is 1.62 bits per heavy atom. The third kappa shape index (κ3) is 3.28. The molecule has 21 heavy (non-hydrogen) atoms. The van der Waals surface area contributed by atoms with E-state index in [0.29, 0.717) is 5.56 Å². The second-order valence-electron chi connectivity index (χ2n) is 5.19. The Morgan fingerprint density at radius 3 is 2.24 bits per heavy atom. The molecule has 0 aliphatic heterocycles. The lowest BCUT2D eigenvalue weighted by Crippen LogP contribution is -2.30. The summed E-state index contributed by atoms with van der Waals surface area (Å²) in [4.78, 5) is 0. The average Bonchev–Trinajstić information content (AvgIpc) is 2.51. The van der Waals surface area contributed by atoms with Gasteiger partial charge in [-0.15, -0.1) is 0 Å². The summed E-state index contributed by atoms with van der Waals surface area (Å²) in [5.41, 5.74) is 1.52. The van der Waals surface area contributed by atoms with E-state index in [4.69, 9.17) is 0 Å². The largest absolute Gasteiger partial charge is 0.504 e. The molecule has 0 heterocycles. The normalized spacial score (nSPS) is 13.8. The van der Waals surface area contributed by atoms with Crippen molar-refractivity contribution in [3.8, 4) is 17.2 Å². The van der Waals surface area contributed by atoms with Crippen LogP contribution in [0, 0.1) is 0 Å². The average molecular weight is 287 g/mol. The molecule has 0 aromatic heterocycles. The highest BCUT2D eigenvalue weighted by Gasteiger charge is 2.22. The van der Waals surface area contributed by atoms with Gasteiger partial charge in [0, 0.05) is 11.6 Å². The number of hydrogen-bond acceptors (Lipinski definition) is 4.